The standard InChI is InChI=1S/C12H19N3O/c1-9(16)4-3-7-13-12-10-5-2-6-11(10)14-8-15-12/h8-9,16H,2-7H2,1H3,(H,13,14,15). The fraction of sp³-hybridized carbons (Fsp3) is 0.667. The Bertz CT molecular complexity index is 352. The molecule has 88 valence electrons. The average Bonchev–Trinajstić information content (AvgIpc) is 2.72. The number of anilines is 1. The lowest BCUT2D eigenvalue weighted by molar-refractivity contribution is 0.183. The van der Waals surface area contributed by atoms with E-state index in [-0.39, 0.29) is 6.10 Å². The summed E-state index contributed by atoms with van der Waals surface area (Å²) in [6.45, 7) is 2.69. The minimum atomic E-state index is -0.210. The van der Waals surface area contributed by atoms with E-state index < -0.39 is 0 Å². The van der Waals surface area contributed by atoms with E-state index in [0.717, 1.165) is 38.0 Å². The van der Waals surface area contributed by atoms with Crippen molar-refractivity contribution in [1.29, 1.82) is 0 Å². The van der Waals surface area contributed by atoms with Crippen molar-refractivity contribution in [3.8, 4) is 0 Å². The van der Waals surface area contributed by atoms with Crippen molar-refractivity contribution in [3.63, 3.8) is 0 Å². The van der Waals surface area contributed by atoms with E-state index in [1.54, 1.807) is 6.33 Å². The molecule has 2 rings (SSSR count). The maximum absolute atomic E-state index is 9.15. The van der Waals surface area contributed by atoms with Crippen LogP contribution in [0.5, 0.6) is 0 Å². The summed E-state index contributed by atoms with van der Waals surface area (Å²) in [5.74, 6) is 0.994. The van der Waals surface area contributed by atoms with Gasteiger partial charge in [0.1, 0.15) is 12.1 Å². The van der Waals surface area contributed by atoms with Gasteiger partial charge in [-0.15, -0.1) is 0 Å². The minimum Gasteiger partial charge on any atom is -0.393 e. The molecule has 1 aromatic rings. The van der Waals surface area contributed by atoms with Crippen molar-refractivity contribution in [2.75, 3.05) is 11.9 Å². The molecule has 0 aliphatic heterocycles. The summed E-state index contributed by atoms with van der Waals surface area (Å²) in [5.41, 5.74) is 2.49. The zero-order valence-corrected chi connectivity index (χ0v) is 9.74. The minimum absolute atomic E-state index is 0.210. The molecule has 1 aliphatic rings. The molecule has 16 heavy (non-hydrogen) atoms. The second-order valence-electron chi connectivity index (χ2n) is 4.42. The predicted molar refractivity (Wildman–Crippen MR) is 63.5 cm³/mol. The summed E-state index contributed by atoms with van der Waals surface area (Å²) < 4.78 is 0. The molecule has 1 aromatic heterocycles. The highest BCUT2D eigenvalue weighted by atomic mass is 16.3. The molecular weight excluding hydrogens is 202 g/mol. The SMILES string of the molecule is CC(O)CCCNc1ncnc2c1CCC2. The van der Waals surface area contributed by atoms with Gasteiger partial charge in [-0.1, -0.05) is 0 Å². The monoisotopic (exact) mass is 221 g/mol. The van der Waals surface area contributed by atoms with Gasteiger partial charge >= 0.3 is 0 Å². The molecule has 0 bridgehead atoms. The topological polar surface area (TPSA) is 58.0 Å². The third-order valence-electron chi connectivity index (χ3n) is 2.97. The molecule has 0 saturated carbocycles. The van der Waals surface area contributed by atoms with Crippen LogP contribution in [0.4, 0.5) is 5.82 Å². The summed E-state index contributed by atoms with van der Waals surface area (Å²) in [6, 6.07) is 0. The molecule has 4 heteroatoms. The highest BCUT2D eigenvalue weighted by Gasteiger charge is 2.16. The second-order valence-corrected chi connectivity index (χ2v) is 4.42. The van der Waals surface area contributed by atoms with E-state index in [9.17, 15) is 0 Å². The van der Waals surface area contributed by atoms with Crippen LogP contribution < -0.4 is 5.32 Å². The molecule has 0 spiro atoms. The van der Waals surface area contributed by atoms with Gasteiger partial charge in [-0.3, -0.25) is 0 Å². The van der Waals surface area contributed by atoms with Gasteiger partial charge in [-0.2, -0.15) is 0 Å². The van der Waals surface area contributed by atoms with Gasteiger partial charge in [0.2, 0.25) is 0 Å². The molecule has 0 aromatic carbocycles. The number of fused-ring (bicyclic) bond motifs is 1. The summed E-state index contributed by atoms with van der Waals surface area (Å²) in [7, 11) is 0. The summed E-state index contributed by atoms with van der Waals surface area (Å²) in [5, 5.41) is 12.5. The molecular formula is C12H19N3O. The van der Waals surface area contributed by atoms with E-state index in [1.165, 1.54) is 17.7 Å². The number of aliphatic hydroxyl groups is 1. The second kappa shape index (κ2) is 5.25. The molecule has 1 heterocycles. The van der Waals surface area contributed by atoms with Crippen molar-refractivity contribution in [3.05, 3.63) is 17.6 Å². The molecule has 0 amide bonds. The first-order valence-corrected chi connectivity index (χ1v) is 6.02. The Morgan fingerprint density at radius 1 is 1.44 bits per heavy atom. The molecule has 2 N–H and O–H groups in total. The molecule has 0 fully saturated rings. The molecule has 1 unspecified atom stereocenters. The number of aryl methyl sites for hydroxylation is 1. The van der Waals surface area contributed by atoms with Gasteiger partial charge in [0.25, 0.3) is 0 Å². The van der Waals surface area contributed by atoms with Gasteiger partial charge in [-0.25, -0.2) is 9.97 Å². The van der Waals surface area contributed by atoms with Gasteiger partial charge in [0, 0.05) is 17.8 Å². The molecule has 0 radical (unpaired) electrons. The largest absolute Gasteiger partial charge is 0.393 e. The number of aliphatic hydroxyl groups excluding tert-OH is 1. The van der Waals surface area contributed by atoms with Gasteiger partial charge < -0.3 is 10.4 Å². The van der Waals surface area contributed by atoms with Crippen LogP contribution in [-0.2, 0) is 12.8 Å². The normalized spacial score (nSPS) is 15.9. The lowest BCUT2D eigenvalue weighted by Gasteiger charge is -2.09. The smallest absolute Gasteiger partial charge is 0.132 e. The zero-order chi connectivity index (χ0) is 11.4. The van der Waals surface area contributed by atoms with Crippen molar-refractivity contribution in [1.82, 2.24) is 9.97 Å². The quantitative estimate of drug-likeness (QED) is 0.740. The Balaban J connectivity index is 1.88. The van der Waals surface area contributed by atoms with Crippen LogP contribution in [0.3, 0.4) is 0 Å². The van der Waals surface area contributed by atoms with Crippen molar-refractivity contribution >= 4 is 5.82 Å². The lowest BCUT2D eigenvalue weighted by atomic mass is 10.2. The number of hydrogen-bond donors (Lipinski definition) is 2. The van der Waals surface area contributed by atoms with E-state index in [0.29, 0.717) is 0 Å². The first kappa shape index (κ1) is 11.3. The van der Waals surface area contributed by atoms with E-state index >= 15 is 0 Å². The van der Waals surface area contributed by atoms with Crippen LogP contribution in [-0.4, -0.2) is 27.7 Å². The third-order valence-corrected chi connectivity index (χ3v) is 2.97. The van der Waals surface area contributed by atoms with Crippen LogP contribution in [0, 0.1) is 0 Å². The van der Waals surface area contributed by atoms with Crippen LogP contribution in [0.1, 0.15) is 37.4 Å². The maximum Gasteiger partial charge on any atom is 0.132 e. The highest BCUT2D eigenvalue weighted by Crippen LogP contribution is 2.24. The Hall–Kier alpha value is -1.16. The fourth-order valence-electron chi connectivity index (χ4n) is 2.12. The lowest BCUT2D eigenvalue weighted by Crippen LogP contribution is -2.09. The maximum atomic E-state index is 9.15. The Kier molecular flexibility index (Phi) is 3.72. The number of nitrogens with zero attached hydrogens (tertiary/aromatic N) is 2. The number of aromatic nitrogens is 2. The number of rotatable bonds is 5. The van der Waals surface area contributed by atoms with Crippen LogP contribution in [0.15, 0.2) is 6.33 Å². The van der Waals surface area contributed by atoms with Gasteiger partial charge in [0.15, 0.2) is 0 Å². The molecule has 1 aliphatic carbocycles. The van der Waals surface area contributed by atoms with Gasteiger partial charge in [-0.05, 0) is 39.0 Å². The summed E-state index contributed by atoms with van der Waals surface area (Å²) in [6.07, 6.45) is 6.60. The Morgan fingerprint density at radius 3 is 3.12 bits per heavy atom. The number of hydrogen-bond acceptors (Lipinski definition) is 4. The Morgan fingerprint density at radius 2 is 2.31 bits per heavy atom. The molecule has 4 nitrogen and oxygen atoms in total. The predicted octanol–water partition coefficient (Wildman–Crippen LogP) is 1.54. The Labute approximate surface area is 96.1 Å². The van der Waals surface area contributed by atoms with Crippen molar-refractivity contribution in [2.24, 2.45) is 0 Å². The van der Waals surface area contributed by atoms with E-state index in [1.807, 2.05) is 6.92 Å². The molecule has 0 saturated heterocycles. The first-order chi connectivity index (χ1) is 7.77. The van der Waals surface area contributed by atoms with Crippen LogP contribution in [0.25, 0.3) is 0 Å². The first-order valence-electron chi connectivity index (χ1n) is 6.02. The fourth-order valence-corrected chi connectivity index (χ4v) is 2.12. The molecule has 1 atom stereocenters. The van der Waals surface area contributed by atoms with E-state index in [4.69, 9.17) is 5.11 Å². The zero-order valence-electron chi connectivity index (χ0n) is 9.74. The van der Waals surface area contributed by atoms with Crippen LogP contribution in [0.2, 0.25) is 0 Å². The summed E-state index contributed by atoms with van der Waals surface area (Å²) in [4.78, 5) is 8.57. The summed E-state index contributed by atoms with van der Waals surface area (Å²) >= 11 is 0. The van der Waals surface area contributed by atoms with Crippen LogP contribution >= 0.6 is 0 Å². The highest BCUT2D eigenvalue weighted by molar-refractivity contribution is 5.47. The average molecular weight is 221 g/mol. The van der Waals surface area contributed by atoms with Crippen molar-refractivity contribution in [2.45, 2.75) is 45.1 Å². The van der Waals surface area contributed by atoms with Gasteiger partial charge in [0.05, 0.1) is 6.10 Å². The van der Waals surface area contributed by atoms with Crippen molar-refractivity contribution < 1.29 is 5.11 Å². The van der Waals surface area contributed by atoms with E-state index in [2.05, 4.69) is 15.3 Å². The third kappa shape index (κ3) is 2.70. The number of nitrogens with one attached hydrogen (secondary N) is 1.